The first-order valence-corrected chi connectivity index (χ1v) is 7.59. The second-order valence-corrected chi connectivity index (χ2v) is 6.24. The first kappa shape index (κ1) is 14.8. The molecule has 1 aliphatic rings. The molecule has 108 valence electrons. The molecule has 0 aromatic carbocycles. The number of hydrogen-bond donors (Lipinski definition) is 1. The Bertz CT molecular complexity index is 396. The van der Waals surface area contributed by atoms with Crippen molar-refractivity contribution >= 4 is 11.6 Å². The molecule has 4 nitrogen and oxygen atoms in total. The van der Waals surface area contributed by atoms with Gasteiger partial charge in [0.15, 0.2) is 0 Å². The van der Waals surface area contributed by atoms with Crippen molar-refractivity contribution in [2.45, 2.75) is 44.7 Å². The molecule has 0 bridgehead atoms. The van der Waals surface area contributed by atoms with Crippen LogP contribution in [0.3, 0.4) is 0 Å². The molecule has 0 saturated heterocycles. The molecule has 1 heterocycles. The summed E-state index contributed by atoms with van der Waals surface area (Å²) in [5.74, 6) is 0.557. The molecule has 5 heteroatoms. The minimum atomic E-state index is 0.0254. The van der Waals surface area contributed by atoms with E-state index in [-0.39, 0.29) is 6.04 Å². The maximum atomic E-state index is 6.46. The Morgan fingerprint density at radius 3 is 2.74 bits per heavy atom. The summed E-state index contributed by atoms with van der Waals surface area (Å²) in [5.41, 5.74) is 7.49. The quantitative estimate of drug-likeness (QED) is 0.904. The van der Waals surface area contributed by atoms with Crippen LogP contribution in [0.15, 0.2) is 6.20 Å². The van der Waals surface area contributed by atoms with Crippen molar-refractivity contribution in [3.63, 3.8) is 0 Å². The van der Waals surface area contributed by atoms with Gasteiger partial charge in [-0.3, -0.25) is 4.68 Å². The van der Waals surface area contributed by atoms with Crippen molar-refractivity contribution in [1.29, 1.82) is 0 Å². The molecule has 0 spiro atoms. The Morgan fingerprint density at radius 2 is 2.11 bits per heavy atom. The molecule has 0 radical (unpaired) electrons. The van der Waals surface area contributed by atoms with E-state index in [1.54, 1.807) is 6.20 Å². The van der Waals surface area contributed by atoms with Crippen molar-refractivity contribution in [1.82, 2.24) is 14.7 Å². The van der Waals surface area contributed by atoms with Crippen LogP contribution in [0.1, 0.15) is 43.8 Å². The standard InChI is InChI=1S/C14H25ClN4/c1-18(2)8-9-19-14(12(15)10-17-19)13(16)11-6-4-3-5-7-11/h10-11,13H,3-9,16H2,1-2H3. The van der Waals surface area contributed by atoms with E-state index in [4.69, 9.17) is 17.3 Å². The largest absolute Gasteiger partial charge is 0.322 e. The second-order valence-electron chi connectivity index (χ2n) is 5.83. The predicted octanol–water partition coefficient (Wildman–Crippen LogP) is 2.68. The smallest absolute Gasteiger partial charge is 0.0834 e. The zero-order chi connectivity index (χ0) is 13.8. The van der Waals surface area contributed by atoms with Crippen molar-refractivity contribution in [2.24, 2.45) is 11.7 Å². The Balaban J connectivity index is 2.10. The highest BCUT2D eigenvalue weighted by molar-refractivity contribution is 6.31. The van der Waals surface area contributed by atoms with E-state index >= 15 is 0 Å². The minimum Gasteiger partial charge on any atom is -0.322 e. The fraction of sp³-hybridized carbons (Fsp3) is 0.786. The predicted molar refractivity (Wildman–Crippen MR) is 79.3 cm³/mol. The van der Waals surface area contributed by atoms with Crippen molar-refractivity contribution < 1.29 is 0 Å². The number of aromatic nitrogens is 2. The Morgan fingerprint density at radius 1 is 1.42 bits per heavy atom. The van der Waals surface area contributed by atoms with E-state index in [1.165, 1.54) is 32.1 Å². The molecule has 1 unspecified atom stereocenters. The Hall–Kier alpha value is -0.580. The van der Waals surface area contributed by atoms with Crippen LogP contribution in [0.4, 0.5) is 0 Å². The van der Waals surface area contributed by atoms with Crippen LogP contribution in [0.25, 0.3) is 0 Å². The lowest BCUT2D eigenvalue weighted by atomic mass is 9.83. The summed E-state index contributed by atoms with van der Waals surface area (Å²) >= 11 is 6.30. The molecule has 0 amide bonds. The highest BCUT2D eigenvalue weighted by Gasteiger charge is 2.26. The highest BCUT2D eigenvalue weighted by Crippen LogP contribution is 2.35. The van der Waals surface area contributed by atoms with Gasteiger partial charge in [-0.25, -0.2) is 0 Å². The molecule has 1 aliphatic carbocycles. The molecule has 1 aromatic heterocycles. The number of likely N-dealkylation sites (N-methyl/N-ethyl adjacent to an activating group) is 1. The van der Waals surface area contributed by atoms with Gasteiger partial charge in [-0.2, -0.15) is 5.10 Å². The molecule has 2 rings (SSSR count). The van der Waals surface area contributed by atoms with Gasteiger partial charge in [0.2, 0.25) is 0 Å². The maximum Gasteiger partial charge on any atom is 0.0834 e. The van der Waals surface area contributed by atoms with E-state index in [0.717, 1.165) is 23.8 Å². The number of halogens is 1. The summed E-state index contributed by atoms with van der Waals surface area (Å²) in [6.45, 7) is 1.79. The van der Waals surface area contributed by atoms with E-state index in [1.807, 2.05) is 4.68 Å². The van der Waals surface area contributed by atoms with Crippen LogP contribution in [-0.4, -0.2) is 35.3 Å². The van der Waals surface area contributed by atoms with Gasteiger partial charge in [0.05, 0.1) is 29.5 Å². The summed E-state index contributed by atoms with van der Waals surface area (Å²) in [7, 11) is 4.12. The van der Waals surface area contributed by atoms with Crippen LogP contribution in [-0.2, 0) is 6.54 Å². The fourth-order valence-electron chi connectivity index (χ4n) is 2.89. The molecule has 1 atom stereocenters. The lowest BCUT2D eigenvalue weighted by Gasteiger charge is -2.28. The summed E-state index contributed by atoms with van der Waals surface area (Å²) in [4.78, 5) is 2.14. The summed E-state index contributed by atoms with van der Waals surface area (Å²) in [6, 6.07) is 0.0254. The third-order valence-electron chi connectivity index (χ3n) is 4.07. The van der Waals surface area contributed by atoms with E-state index in [2.05, 4.69) is 24.1 Å². The highest BCUT2D eigenvalue weighted by atomic mass is 35.5. The maximum absolute atomic E-state index is 6.46. The number of rotatable bonds is 5. The minimum absolute atomic E-state index is 0.0254. The zero-order valence-corrected chi connectivity index (χ0v) is 12.7. The monoisotopic (exact) mass is 284 g/mol. The molecule has 2 N–H and O–H groups in total. The molecule has 1 fully saturated rings. The van der Waals surface area contributed by atoms with Crippen LogP contribution >= 0.6 is 11.6 Å². The van der Waals surface area contributed by atoms with Gasteiger partial charge in [0, 0.05) is 6.54 Å². The summed E-state index contributed by atoms with van der Waals surface area (Å²) < 4.78 is 1.99. The Labute approximate surface area is 120 Å². The van der Waals surface area contributed by atoms with Crippen LogP contribution < -0.4 is 5.73 Å². The van der Waals surface area contributed by atoms with Gasteiger partial charge < -0.3 is 10.6 Å². The van der Waals surface area contributed by atoms with Crippen molar-refractivity contribution in [2.75, 3.05) is 20.6 Å². The van der Waals surface area contributed by atoms with Crippen molar-refractivity contribution in [3.05, 3.63) is 16.9 Å². The first-order valence-electron chi connectivity index (χ1n) is 7.21. The van der Waals surface area contributed by atoms with Gasteiger partial charge in [0.1, 0.15) is 0 Å². The summed E-state index contributed by atoms with van der Waals surface area (Å²) in [6.07, 6.45) is 8.10. The molecule has 19 heavy (non-hydrogen) atoms. The third kappa shape index (κ3) is 3.71. The zero-order valence-electron chi connectivity index (χ0n) is 12.0. The molecular formula is C14H25ClN4. The van der Waals surface area contributed by atoms with Crippen LogP contribution in [0.5, 0.6) is 0 Å². The molecule has 1 aromatic rings. The fourth-order valence-corrected chi connectivity index (χ4v) is 3.16. The third-order valence-corrected chi connectivity index (χ3v) is 4.36. The van der Waals surface area contributed by atoms with E-state index in [9.17, 15) is 0 Å². The van der Waals surface area contributed by atoms with E-state index < -0.39 is 0 Å². The van der Waals surface area contributed by atoms with Crippen molar-refractivity contribution in [3.8, 4) is 0 Å². The number of nitrogens with two attached hydrogens (primary N) is 1. The van der Waals surface area contributed by atoms with E-state index in [0.29, 0.717) is 5.92 Å². The second kappa shape index (κ2) is 6.73. The lowest BCUT2D eigenvalue weighted by Crippen LogP contribution is -2.28. The van der Waals surface area contributed by atoms with Gasteiger partial charge in [-0.1, -0.05) is 30.9 Å². The molecule has 0 aliphatic heterocycles. The molecule has 1 saturated carbocycles. The number of hydrogen-bond acceptors (Lipinski definition) is 3. The van der Waals surface area contributed by atoms with Gasteiger partial charge in [0.25, 0.3) is 0 Å². The van der Waals surface area contributed by atoms with Gasteiger partial charge in [-0.15, -0.1) is 0 Å². The van der Waals surface area contributed by atoms with Crippen LogP contribution in [0.2, 0.25) is 5.02 Å². The van der Waals surface area contributed by atoms with Gasteiger partial charge >= 0.3 is 0 Å². The average molecular weight is 285 g/mol. The first-order chi connectivity index (χ1) is 9.09. The lowest BCUT2D eigenvalue weighted by molar-refractivity contribution is 0.293. The molecular weight excluding hydrogens is 260 g/mol. The number of nitrogens with zero attached hydrogens (tertiary/aromatic N) is 3. The topological polar surface area (TPSA) is 47.1 Å². The SMILES string of the molecule is CN(C)CCn1ncc(Cl)c1C(N)C1CCCCC1. The average Bonchev–Trinajstić information content (AvgIpc) is 2.78. The van der Waals surface area contributed by atoms with Crippen LogP contribution in [0, 0.1) is 5.92 Å². The normalized spacial score (nSPS) is 19.0. The Kier molecular flexibility index (Phi) is 5.25. The summed E-state index contributed by atoms with van der Waals surface area (Å²) in [5, 5.41) is 5.10. The van der Waals surface area contributed by atoms with Gasteiger partial charge in [-0.05, 0) is 32.9 Å².